The number of carbonyl (C=O) groups excluding carboxylic acids is 2. The highest BCUT2D eigenvalue weighted by atomic mass is 19.1. The SMILES string of the molecule is CNC(=O)[C@@H](c1ccccc1)N(Cc1ccc(F)cc1)C(=O)C(C)C. The van der Waals surface area contributed by atoms with E-state index in [0.717, 1.165) is 11.1 Å². The van der Waals surface area contributed by atoms with Gasteiger partial charge in [-0.05, 0) is 23.3 Å². The molecule has 2 amide bonds. The number of benzene rings is 2. The quantitative estimate of drug-likeness (QED) is 0.876. The monoisotopic (exact) mass is 342 g/mol. The second kappa shape index (κ2) is 8.42. The van der Waals surface area contributed by atoms with Crippen molar-refractivity contribution in [1.82, 2.24) is 10.2 Å². The second-order valence-corrected chi connectivity index (χ2v) is 6.17. The maximum absolute atomic E-state index is 13.2. The molecule has 0 heterocycles. The molecule has 5 heteroatoms. The average molecular weight is 342 g/mol. The highest BCUT2D eigenvalue weighted by Crippen LogP contribution is 2.25. The van der Waals surface area contributed by atoms with Gasteiger partial charge in [0, 0.05) is 19.5 Å². The molecular weight excluding hydrogens is 319 g/mol. The van der Waals surface area contributed by atoms with Crippen LogP contribution in [0.5, 0.6) is 0 Å². The highest BCUT2D eigenvalue weighted by Gasteiger charge is 2.31. The van der Waals surface area contributed by atoms with E-state index >= 15 is 0 Å². The molecule has 0 fully saturated rings. The normalized spacial score (nSPS) is 11.9. The fourth-order valence-electron chi connectivity index (χ4n) is 2.66. The van der Waals surface area contributed by atoms with E-state index in [0.29, 0.717) is 0 Å². The van der Waals surface area contributed by atoms with Gasteiger partial charge in [0.15, 0.2) is 0 Å². The maximum Gasteiger partial charge on any atom is 0.247 e. The molecule has 0 spiro atoms. The minimum Gasteiger partial charge on any atom is -0.357 e. The molecule has 4 nitrogen and oxygen atoms in total. The van der Waals surface area contributed by atoms with Gasteiger partial charge in [0.25, 0.3) is 0 Å². The van der Waals surface area contributed by atoms with Crippen molar-refractivity contribution in [3.05, 3.63) is 71.5 Å². The molecule has 0 unspecified atom stereocenters. The molecule has 0 aliphatic rings. The zero-order valence-electron chi connectivity index (χ0n) is 14.7. The molecule has 2 rings (SSSR count). The van der Waals surface area contributed by atoms with Crippen LogP contribution >= 0.6 is 0 Å². The molecule has 0 aromatic heterocycles. The lowest BCUT2D eigenvalue weighted by molar-refractivity contribution is -0.143. The first-order chi connectivity index (χ1) is 11.9. The van der Waals surface area contributed by atoms with Crippen molar-refractivity contribution in [1.29, 1.82) is 0 Å². The molecule has 2 aromatic carbocycles. The number of hydrogen-bond donors (Lipinski definition) is 1. The van der Waals surface area contributed by atoms with Crippen LogP contribution in [0.1, 0.15) is 31.0 Å². The van der Waals surface area contributed by atoms with Gasteiger partial charge < -0.3 is 10.2 Å². The van der Waals surface area contributed by atoms with Crippen LogP contribution < -0.4 is 5.32 Å². The summed E-state index contributed by atoms with van der Waals surface area (Å²) in [5, 5.41) is 2.64. The van der Waals surface area contributed by atoms with Crippen LogP contribution in [0.25, 0.3) is 0 Å². The van der Waals surface area contributed by atoms with Crippen LogP contribution in [0.4, 0.5) is 4.39 Å². The number of nitrogens with zero attached hydrogens (tertiary/aromatic N) is 1. The summed E-state index contributed by atoms with van der Waals surface area (Å²) in [4.78, 5) is 26.9. The third-order valence-corrected chi connectivity index (χ3v) is 3.96. The predicted molar refractivity (Wildman–Crippen MR) is 95.0 cm³/mol. The molecule has 0 saturated carbocycles. The van der Waals surface area contributed by atoms with E-state index in [-0.39, 0.29) is 30.1 Å². The van der Waals surface area contributed by atoms with Crippen molar-refractivity contribution >= 4 is 11.8 Å². The standard InChI is InChI=1S/C20H23FN2O2/c1-14(2)20(25)23(13-15-9-11-17(21)12-10-15)18(19(24)22-3)16-7-5-4-6-8-16/h4-12,14,18H,13H2,1-3H3,(H,22,24)/t18-/m1/s1. The summed E-state index contributed by atoms with van der Waals surface area (Å²) in [5.74, 6) is -1.00. The molecule has 1 atom stereocenters. The van der Waals surface area contributed by atoms with E-state index in [4.69, 9.17) is 0 Å². The molecule has 1 N–H and O–H groups in total. The Hall–Kier alpha value is -2.69. The molecule has 0 bridgehead atoms. The van der Waals surface area contributed by atoms with Gasteiger partial charge in [-0.3, -0.25) is 9.59 Å². The summed E-state index contributed by atoms with van der Waals surface area (Å²) in [6.45, 7) is 3.82. The van der Waals surface area contributed by atoms with Crippen molar-refractivity contribution in [3.8, 4) is 0 Å². The summed E-state index contributed by atoms with van der Waals surface area (Å²) in [7, 11) is 1.55. The van der Waals surface area contributed by atoms with Gasteiger partial charge in [0.05, 0.1) is 0 Å². The molecule has 0 saturated heterocycles. The van der Waals surface area contributed by atoms with E-state index in [9.17, 15) is 14.0 Å². The van der Waals surface area contributed by atoms with Crippen molar-refractivity contribution < 1.29 is 14.0 Å². The Balaban J connectivity index is 2.44. The van der Waals surface area contributed by atoms with Crippen LogP contribution in [0.15, 0.2) is 54.6 Å². The smallest absolute Gasteiger partial charge is 0.247 e. The summed E-state index contributed by atoms with van der Waals surface area (Å²) < 4.78 is 13.2. The first-order valence-corrected chi connectivity index (χ1v) is 8.25. The Morgan fingerprint density at radius 3 is 2.16 bits per heavy atom. The molecule has 25 heavy (non-hydrogen) atoms. The summed E-state index contributed by atoms with van der Waals surface area (Å²) in [6, 6.07) is 14.4. The van der Waals surface area contributed by atoms with Crippen molar-refractivity contribution in [2.45, 2.75) is 26.4 Å². The maximum atomic E-state index is 13.2. The van der Waals surface area contributed by atoms with Crippen LogP contribution in [0, 0.1) is 11.7 Å². The number of likely N-dealkylation sites (N-methyl/N-ethyl adjacent to an activating group) is 1. The topological polar surface area (TPSA) is 49.4 Å². The first kappa shape index (κ1) is 18.6. The number of hydrogen-bond acceptors (Lipinski definition) is 2. The zero-order chi connectivity index (χ0) is 18.4. The molecule has 0 aliphatic heterocycles. The average Bonchev–Trinajstić information content (AvgIpc) is 2.62. The molecule has 132 valence electrons. The lowest BCUT2D eigenvalue weighted by atomic mass is 10.0. The van der Waals surface area contributed by atoms with Gasteiger partial charge >= 0.3 is 0 Å². The van der Waals surface area contributed by atoms with E-state index in [2.05, 4.69) is 5.32 Å². The van der Waals surface area contributed by atoms with Gasteiger partial charge in [-0.2, -0.15) is 0 Å². The highest BCUT2D eigenvalue weighted by molar-refractivity contribution is 5.89. The lowest BCUT2D eigenvalue weighted by Gasteiger charge is -2.32. The number of rotatable bonds is 6. The Morgan fingerprint density at radius 2 is 1.64 bits per heavy atom. The molecule has 0 aliphatic carbocycles. The Kier molecular flexibility index (Phi) is 6.28. The van der Waals surface area contributed by atoms with Crippen molar-refractivity contribution in [3.63, 3.8) is 0 Å². The largest absolute Gasteiger partial charge is 0.357 e. The van der Waals surface area contributed by atoms with Gasteiger partial charge in [-0.25, -0.2) is 4.39 Å². The van der Waals surface area contributed by atoms with Crippen LogP contribution in [0.2, 0.25) is 0 Å². The number of halogens is 1. The van der Waals surface area contributed by atoms with Crippen molar-refractivity contribution in [2.75, 3.05) is 7.05 Å². The van der Waals surface area contributed by atoms with E-state index < -0.39 is 6.04 Å². The zero-order valence-corrected chi connectivity index (χ0v) is 14.7. The third-order valence-electron chi connectivity index (χ3n) is 3.96. The fourth-order valence-corrected chi connectivity index (χ4v) is 2.66. The van der Waals surface area contributed by atoms with E-state index in [1.54, 1.807) is 37.9 Å². The molecule has 2 aromatic rings. The number of nitrogens with one attached hydrogen (secondary N) is 1. The molecule has 0 radical (unpaired) electrons. The predicted octanol–water partition coefficient (Wildman–Crippen LogP) is 3.30. The Bertz CT molecular complexity index is 714. The van der Waals surface area contributed by atoms with E-state index in [1.807, 2.05) is 30.3 Å². The van der Waals surface area contributed by atoms with Gasteiger partial charge in [0.1, 0.15) is 11.9 Å². The Labute approximate surface area is 147 Å². The third kappa shape index (κ3) is 4.66. The van der Waals surface area contributed by atoms with Gasteiger partial charge in [0.2, 0.25) is 11.8 Å². The minimum absolute atomic E-state index is 0.137. The summed E-state index contributed by atoms with van der Waals surface area (Å²) in [5.41, 5.74) is 1.50. The summed E-state index contributed by atoms with van der Waals surface area (Å²) in [6.07, 6.45) is 0. The fraction of sp³-hybridized carbons (Fsp3) is 0.300. The number of amides is 2. The van der Waals surface area contributed by atoms with Gasteiger partial charge in [-0.1, -0.05) is 56.3 Å². The second-order valence-electron chi connectivity index (χ2n) is 6.17. The molecular formula is C20H23FN2O2. The first-order valence-electron chi connectivity index (χ1n) is 8.25. The van der Waals surface area contributed by atoms with Crippen LogP contribution in [-0.4, -0.2) is 23.8 Å². The van der Waals surface area contributed by atoms with Crippen molar-refractivity contribution in [2.24, 2.45) is 5.92 Å². The lowest BCUT2D eigenvalue weighted by Crippen LogP contribution is -2.44. The minimum atomic E-state index is -0.744. The Morgan fingerprint density at radius 1 is 1.04 bits per heavy atom. The summed E-state index contributed by atoms with van der Waals surface area (Å²) >= 11 is 0. The van der Waals surface area contributed by atoms with E-state index in [1.165, 1.54) is 12.1 Å². The van der Waals surface area contributed by atoms with Gasteiger partial charge in [-0.15, -0.1) is 0 Å². The number of carbonyl (C=O) groups is 2. The van der Waals surface area contributed by atoms with Crippen LogP contribution in [0.3, 0.4) is 0 Å². The van der Waals surface area contributed by atoms with Crippen LogP contribution in [-0.2, 0) is 16.1 Å².